The molecule has 0 saturated carbocycles. The van der Waals surface area contributed by atoms with Crippen LogP contribution in [-0.2, 0) is 12.0 Å². The first-order valence-corrected chi connectivity index (χ1v) is 7.90. The predicted molar refractivity (Wildman–Crippen MR) is 86.4 cm³/mol. The quantitative estimate of drug-likeness (QED) is 0.907. The fourth-order valence-corrected chi connectivity index (χ4v) is 3.34. The number of hydrogen-bond donors (Lipinski definition) is 2. The van der Waals surface area contributed by atoms with Crippen LogP contribution >= 0.6 is 11.6 Å². The molecule has 22 heavy (non-hydrogen) atoms. The van der Waals surface area contributed by atoms with Crippen LogP contribution in [0.1, 0.15) is 17.5 Å². The van der Waals surface area contributed by atoms with Gasteiger partial charge in [-0.15, -0.1) is 0 Å². The molecule has 2 aromatic carbocycles. The lowest BCUT2D eigenvalue weighted by molar-refractivity contribution is -0.0465. The maximum Gasteiger partial charge on any atom is 0.126 e. The lowest BCUT2D eigenvalue weighted by atomic mass is 9.74. The summed E-state index contributed by atoms with van der Waals surface area (Å²) < 4.78 is 13.9. The SMILES string of the molecule is O[C@@]1(c2ccc(Cl)cc2)CCNC[C@@H]1Cc1ccccc1F. The molecular formula is C18H19ClFNO. The van der Waals surface area contributed by atoms with E-state index in [0.29, 0.717) is 30.0 Å². The average Bonchev–Trinajstić information content (AvgIpc) is 2.52. The normalized spacial score (nSPS) is 25.1. The van der Waals surface area contributed by atoms with Crippen molar-refractivity contribution in [2.45, 2.75) is 18.4 Å². The Kier molecular flexibility index (Phi) is 4.48. The van der Waals surface area contributed by atoms with Crippen LogP contribution in [0.3, 0.4) is 0 Å². The van der Waals surface area contributed by atoms with E-state index in [0.717, 1.165) is 12.1 Å². The Hall–Kier alpha value is -1.42. The van der Waals surface area contributed by atoms with E-state index in [9.17, 15) is 9.50 Å². The summed E-state index contributed by atoms with van der Waals surface area (Å²) in [6, 6.07) is 14.1. The van der Waals surface area contributed by atoms with E-state index in [1.165, 1.54) is 6.07 Å². The van der Waals surface area contributed by atoms with Crippen LogP contribution in [0.4, 0.5) is 4.39 Å². The summed E-state index contributed by atoms with van der Waals surface area (Å²) in [5, 5.41) is 15.2. The molecule has 0 unspecified atom stereocenters. The summed E-state index contributed by atoms with van der Waals surface area (Å²) in [7, 11) is 0. The van der Waals surface area contributed by atoms with E-state index in [-0.39, 0.29) is 11.7 Å². The van der Waals surface area contributed by atoms with Crippen molar-refractivity contribution in [3.8, 4) is 0 Å². The molecule has 116 valence electrons. The second-order valence-electron chi connectivity index (χ2n) is 5.88. The molecule has 3 rings (SSSR count). The van der Waals surface area contributed by atoms with Crippen LogP contribution in [0.15, 0.2) is 48.5 Å². The van der Waals surface area contributed by atoms with Crippen LogP contribution in [-0.4, -0.2) is 18.2 Å². The van der Waals surface area contributed by atoms with Crippen LogP contribution in [0.2, 0.25) is 5.02 Å². The van der Waals surface area contributed by atoms with Gasteiger partial charge in [0.1, 0.15) is 5.82 Å². The Morgan fingerprint density at radius 2 is 1.91 bits per heavy atom. The molecule has 2 N–H and O–H groups in total. The molecule has 2 aromatic rings. The highest BCUT2D eigenvalue weighted by atomic mass is 35.5. The van der Waals surface area contributed by atoms with Crippen molar-refractivity contribution in [1.82, 2.24) is 5.32 Å². The van der Waals surface area contributed by atoms with Crippen molar-refractivity contribution in [3.05, 3.63) is 70.5 Å². The van der Waals surface area contributed by atoms with Gasteiger partial charge in [-0.3, -0.25) is 0 Å². The average molecular weight is 320 g/mol. The maximum absolute atomic E-state index is 13.9. The third kappa shape index (κ3) is 3.02. The van der Waals surface area contributed by atoms with Crippen molar-refractivity contribution in [3.63, 3.8) is 0 Å². The molecule has 0 radical (unpaired) electrons. The Bertz CT molecular complexity index is 646. The summed E-state index contributed by atoms with van der Waals surface area (Å²) in [6.45, 7) is 1.40. The standard InChI is InChI=1S/C18H19ClFNO/c19-16-7-5-14(6-8-16)18(22)9-10-21-12-15(18)11-13-3-1-2-4-17(13)20/h1-8,15,21-22H,9-12H2/t15-,18+/m0/s1. The van der Waals surface area contributed by atoms with Gasteiger partial charge >= 0.3 is 0 Å². The molecule has 1 aliphatic rings. The van der Waals surface area contributed by atoms with Crippen LogP contribution < -0.4 is 5.32 Å². The zero-order valence-electron chi connectivity index (χ0n) is 12.2. The van der Waals surface area contributed by atoms with E-state index >= 15 is 0 Å². The fraction of sp³-hybridized carbons (Fsp3) is 0.333. The Balaban J connectivity index is 1.90. The van der Waals surface area contributed by atoms with Gasteiger partial charge in [-0.1, -0.05) is 41.9 Å². The number of rotatable bonds is 3. The minimum Gasteiger partial charge on any atom is -0.385 e. The second kappa shape index (κ2) is 6.37. The van der Waals surface area contributed by atoms with E-state index in [2.05, 4.69) is 5.32 Å². The predicted octanol–water partition coefficient (Wildman–Crippen LogP) is 3.52. The number of halogens is 2. The number of piperidine rings is 1. The Morgan fingerprint density at radius 1 is 1.18 bits per heavy atom. The lowest BCUT2D eigenvalue weighted by Gasteiger charge is -2.41. The van der Waals surface area contributed by atoms with Gasteiger partial charge in [-0.2, -0.15) is 0 Å². The summed E-state index contributed by atoms with van der Waals surface area (Å²) in [4.78, 5) is 0. The first-order chi connectivity index (χ1) is 10.6. The van der Waals surface area contributed by atoms with Crippen LogP contribution in [0, 0.1) is 11.7 Å². The van der Waals surface area contributed by atoms with Crippen LogP contribution in [0.25, 0.3) is 0 Å². The molecular weight excluding hydrogens is 301 g/mol. The van der Waals surface area contributed by atoms with Crippen molar-refractivity contribution < 1.29 is 9.50 Å². The first-order valence-electron chi connectivity index (χ1n) is 7.52. The Morgan fingerprint density at radius 3 is 2.64 bits per heavy atom. The van der Waals surface area contributed by atoms with Crippen molar-refractivity contribution >= 4 is 11.6 Å². The van der Waals surface area contributed by atoms with Gasteiger partial charge in [0.25, 0.3) is 0 Å². The number of nitrogens with one attached hydrogen (secondary N) is 1. The molecule has 1 fully saturated rings. The van der Waals surface area contributed by atoms with Gasteiger partial charge in [0, 0.05) is 17.5 Å². The molecule has 1 aliphatic heterocycles. The molecule has 0 spiro atoms. The summed E-state index contributed by atoms with van der Waals surface area (Å²) in [6.07, 6.45) is 1.10. The van der Waals surface area contributed by atoms with E-state index < -0.39 is 5.60 Å². The zero-order chi connectivity index (χ0) is 15.6. The number of aliphatic hydroxyl groups is 1. The van der Waals surface area contributed by atoms with E-state index in [1.54, 1.807) is 24.3 Å². The van der Waals surface area contributed by atoms with Gasteiger partial charge in [-0.05, 0) is 48.7 Å². The highest BCUT2D eigenvalue weighted by Crippen LogP contribution is 2.37. The number of benzene rings is 2. The zero-order valence-corrected chi connectivity index (χ0v) is 13.0. The summed E-state index contributed by atoms with van der Waals surface area (Å²) >= 11 is 5.94. The fourth-order valence-electron chi connectivity index (χ4n) is 3.22. The van der Waals surface area contributed by atoms with Gasteiger partial charge in [0.05, 0.1) is 5.60 Å². The lowest BCUT2D eigenvalue weighted by Crippen LogP contribution is -2.49. The highest BCUT2D eigenvalue weighted by Gasteiger charge is 2.40. The molecule has 1 heterocycles. The van der Waals surface area contributed by atoms with Gasteiger partial charge in [0.2, 0.25) is 0 Å². The largest absolute Gasteiger partial charge is 0.385 e. The van der Waals surface area contributed by atoms with E-state index in [4.69, 9.17) is 11.6 Å². The van der Waals surface area contributed by atoms with Gasteiger partial charge < -0.3 is 10.4 Å². The molecule has 2 atom stereocenters. The maximum atomic E-state index is 13.9. The second-order valence-corrected chi connectivity index (χ2v) is 6.31. The first kappa shape index (κ1) is 15.5. The minimum atomic E-state index is -0.960. The van der Waals surface area contributed by atoms with Crippen molar-refractivity contribution in [2.24, 2.45) is 5.92 Å². The summed E-state index contributed by atoms with van der Waals surface area (Å²) in [5.74, 6) is -0.300. The molecule has 0 aliphatic carbocycles. The third-order valence-electron chi connectivity index (χ3n) is 4.52. The third-order valence-corrected chi connectivity index (χ3v) is 4.77. The van der Waals surface area contributed by atoms with Gasteiger partial charge in [-0.25, -0.2) is 4.39 Å². The number of hydrogen-bond acceptors (Lipinski definition) is 2. The molecule has 1 saturated heterocycles. The molecule has 4 heteroatoms. The van der Waals surface area contributed by atoms with E-state index in [1.807, 2.05) is 18.2 Å². The highest BCUT2D eigenvalue weighted by molar-refractivity contribution is 6.30. The minimum absolute atomic E-state index is 0.0840. The Labute approximate surface area is 134 Å². The monoisotopic (exact) mass is 319 g/mol. The molecule has 2 nitrogen and oxygen atoms in total. The molecule has 0 aromatic heterocycles. The van der Waals surface area contributed by atoms with Crippen LogP contribution in [0.5, 0.6) is 0 Å². The van der Waals surface area contributed by atoms with Gasteiger partial charge in [0.15, 0.2) is 0 Å². The van der Waals surface area contributed by atoms with Crippen molar-refractivity contribution in [1.29, 1.82) is 0 Å². The summed E-state index contributed by atoms with van der Waals surface area (Å²) in [5.41, 5.74) is 0.529. The smallest absolute Gasteiger partial charge is 0.126 e. The molecule has 0 amide bonds. The van der Waals surface area contributed by atoms with Crippen molar-refractivity contribution in [2.75, 3.05) is 13.1 Å². The topological polar surface area (TPSA) is 32.3 Å². The molecule has 0 bridgehead atoms.